The van der Waals surface area contributed by atoms with Gasteiger partial charge in [-0.3, -0.25) is 0 Å². The van der Waals surface area contributed by atoms with Crippen LogP contribution in [0.5, 0.6) is 0 Å². The molecule has 0 radical (unpaired) electrons. The van der Waals surface area contributed by atoms with E-state index >= 15 is 0 Å². The molecule has 0 aliphatic heterocycles. The van der Waals surface area contributed by atoms with Gasteiger partial charge in [0, 0.05) is 12.8 Å². The largest absolute Gasteiger partial charge is 0.322 e. The Hall–Kier alpha value is -1.81. The van der Waals surface area contributed by atoms with Gasteiger partial charge in [0.25, 0.3) is 0 Å². The summed E-state index contributed by atoms with van der Waals surface area (Å²) in [5.41, 5.74) is 3.23. The van der Waals surface area contributed by atoms with Gasteiger partial charge in [0.2, 0.25) is 0 Å². The number of thioether (sulfide) groups is 1. The number of rotatable bonds is 3. The van der Waals surface area contributed by atoms with E-state index in [1.54, 1.807) is 11.8 Å². The Bertz CT molecular complexity index is 704. The zero-order chi connectivity index (χ0) is 13.2. The van der Waals surface area contributed by atoms with Gasteiger partial charge < -0.3 is 4.57 Å². The number of para-hydroxylation sites is 2. The number of halogens is 1. The maximum absolute atomic E-state index is 12.8. The lowest BCUT2D eigenvalue weighted by Crippen LogP contribution is -1.91. The van der Waals surface area contributed by atoms with E-state index in [0.717, 1.165) is 27.5 Å². The van der Waals surface area contributed by atoms with Crippen LogP contribution in [-0.4, -0.2) is 9.55 Å². The second-order valence-corrected chi connectivity index (χ2v) is 5.30. The molecule has 1 aromatic heterocycles. The monoisotopic (exact) mass is 272 g/mol. The molecule has 0 amide bonds. The van der Waals surface area contributed by atoms with Crippen molar-refractivity contribution >= 4 is 22.8 Å². The molecule has 4 heteroatoms. The van der Waals surface area contributed by atoms with E-state index in [-0.39, 0.29) is 5.82 Å². The quantitative estimate of drug-likeness (QED) is 0.671. The van der Waals surface area contributed by atoms with Crippen molar-refractivity contribution in [2.24, 2.45) is 7.05 Å². The molecule has 96 valence electrons. The molecule has 3 aromatic rings. The molecule has 19 heavy (non-hydrogen) atoms. The molecule has 0 N–H and O–H groups in total. The van der Waals surface area contributed by atoms with Crippen LogP contribution in [0.15, 0.2) is 53.7 Å². The molecule has 0 spiro atoms. The van der Waals surface area contributed by atoms with Crippen LogP contribution in [-0.2, 0) is 12.8 Å². The van der Waals surface area contributed by atoms with Gasteiger partial charge in [0.15, 0.2) is 5.16 Å². The average Bonchev–Trinajstić information content (AvgIpc) is 2.76. The molecule has 0 aliphatic carbocycles. The Balaban J connectivity index is 1.82. The number of benzene rings is 2. The molecule has 2 nitrogen and oxygen atoms in total. The fourth-order valence-electron chi connectivity index (χ4n) is 1.98. The SMILES string of the molecule is Cn1c(SCc2ccc(F)cc2)nc2ccccc21. The summed E-state index contributed by atoms with van der Waals surface area (Å²) in [6.07, 6.45) is 0. The lowest BCUT2D eigenvalue weighted by atomic mass is 10.2. The van der Waals surface area contributed by atoms with Crippen LogP contribution in [0, 0.1) is 5.82 Å². The van der Waals surface area contributed by atoms with Gasteiger partial charge in [-0.25, -0.2) is 9.37 Å². The molecule has 0 atom stereocenters. The van der Waals surface area contributed by atoms with E-state index < -0.39 is 0 Å². The van der Waals surface area contributed by atoms with Gasteiger partial charge in [0.05, 0.1) is 11.0 Å². The van der Waals surface area contributed by atoms with Crippen molar-refractivity contribution in [3.05, 3.63) is 59.9 Å². The molecule has 1 heterocycles. The summed E-state index contributed by atoms with van der Waals surface area (Å²) >= 11 is 1.66. The van der Waals surface area contributed by atoms with Crippen LogP contribution >= 0.6 is 11.8 Å². The standard InChI is InChI=1S/C15H13FN2S/c1-18-14-5-3-2-4-13(14)17-15(18)19-10-11-6-8-12(16)9-7-11/h2-9H,10H2,1H3. The summed E-state index contributed by atoms with van der Waals surface area (Å²) in [6, 6.07) is 14.7. The number of hydrogen-bond acceptors (Lipinski definition) is 2. The van der Waals surface area contributed by atoms with Crippen LogP contribution in [0.1, 0.15) is 5.56 Å². The molecule has 0 fully saturated rings. The predicted molar refractivity (Wildman–Crippen MR) is 76.7 cm³/mol. The number of fused-ring (bicyclic) bond motifs is 1. The lowest BCUT2D eigenvalue weighted by Gasteiger charge is -2.02. The summed E-state index contributed by atoms with van der Waals surface area (Å²) in [4.78, 5) is 4.60. The third-order valence-electron chi connectivity index (χ3n) is 3.03. The highest BCUT2D eigenvalue weighted by atomic mass is 32.2. The van der Waals surface area contributed by atoms with E-state index in [1.807, 2.05) is 37.4 Å². The van der Waals surface area contributed by atoms with Crippen molar-refractivity contribution in [1.29, 1.82) is 0 Å². The number of aryl methyl sites for hydroxylation is 1. The third-order valence-corrected chi connectivity index (χ3v) is 4.13. The molecular formula is C15H13FN2S. The van der Waals surface area contributed by atoms with Gasteiger partial charge in [0.1, 0.15) is 5.82 Å². The smallest absolute Gasteiger partial charge is 0.169 e. The Morgan fingerprint density at radius 2 is 1.84 bits per heavy atom. The predicted octanol–water partition coefficient (Wildman–Crippen LogP) is 4.00. The molecule has 0 saturated heterocycles. The summed E-state index contributed by atoms with van der Waals surface area (Å²) in [5.74, 6) is 0.591. The van der Waals surface area contributed by atoms with Gasteiger partial charge in [-0.2, -0.15) is 0 Å². The van der Waals surface area contributed by atoms with Crippen LogP contribution < -0.4 is 0 Å². The minimum Gasteiger partial charge on any atom is -0.322 e. The van der Waals surface area contributed by atoms with Gasteiger partial charge >= 0.3 is 0 Å². The molecule has 0 aliphatic rings. The second kappa shape index (κ2) is 5.05. The van der Waals surface area contributed by atoms with Crippen molar-refractivity contribution < 1.29 is 4.39 Å². The van der Waals surface area contributed by atoms with E-state index in [0.29, 0.717) is 0 Å². The maximum Gasteiger partial charge on any atom is 0.169 e. The molecule has 0 saturated carbocycles. The Morgan fingerprint density at radius 3 is 2.58 bits per heavy atom. The molecule has 3 rings (SSSR count). The molecule has 2 aromatic carbocycles. The fraction of sp³-hybridized carbons (Fsp3) is 0.133. The second-order valence-electron chi connectivity index (χ2n) is 4.36. The van der Waals surface area contributed by atoms with Crippen molar-refractivity contribution in [1.82, 2.24) is 9.55 Å². The molecule has 0 bridgehead atoms. The van der Waals surface area contributed by atoms with Crippen LogP contribution in [0.4, 0.5) is 4.39 Å². The first-order chi connectivity index (χ1) is 9.24. The first-order valence-corrected chi connectivity index (χ1v) is 7.01. The van der Waals surface area contributed by atoms with E-state index in [4.69, 9.17) is 0 Å². The zero-order valence-electron chi connectivity index (χ0n) is 10.5. The first kappa shape index (κ1) is 12.2. The Labute approximate surface area is 115 Å². The van der Waals surface area contributed by atoms with Gasteiger partial charge in [-0.1, -0.05) is 36.0 Å². The summed E-state index contributed by atoms with van der Waals surface area (Å²) in [7, 11) is 2.02. The van der Waals surface area contributed by atoms with E-state index in [1.165, 1.54) is 12.1 Å². The van der Waals surface area contributed by atoms with Crippen LogP contribution in [0.2, 0.25) is 0 Å². The zero-order valence-corrected chi connectivity index (χ0v) is 11.3. The Kier molecular flexibility index (Phi) is 3.25. The minimum absolute atomic E-state index is 0.198. The highest BCUT2D eigenvalue weighted by Crippen LogP contribution is 2.25. The highest BCUT2D eigenvalue weighted by Gasteiger charge is 2.07. The summed E-state index contributed by atoms with van der Waals surface area (Å²) in [6.45, 7) is 0. The summed E-state index contributed by atoms with van der Waals surface area (Å²) in [5, 5.41) is 0.977. The van der Waals surface area contributed by atoms with Gasteiger partial charge in [-0.05, 0) is 29.8 Å². The number of nitrogens with zero attached hydrogens (tertiary/aromatic N) is 2. The first-order valence-electron chi connectivity index (χ1n) is 6.03. The molecular weight excluding hydrogens is 259 g/mol. The highest BCUT2D eigenvalue weighted by molar-refractivity contribution is 7.98. The number of hydrogen-bond donors (Lipinski definition) is 0. The van der Waals surface area contributed by atoms with Crippen molar-refractivity contribution in [3.63, 3.8) is 0 Å². The fourth-order valence-corrected chi connectivity index (χ4v) is 2.92. The van der Waals surface area contributed by atoms with Crippen LogP contribution in [0.25, 0.3) is 11.0 Å². The van der Waals surface area contributed by atoms with E-state index in [9.17, 15) is 4.39 Å². The number of imidazole rings is 1. The van der Waals surface area contributed by atoms with Gasteiger partial charge in [-0.15, -0.1) is 0 Å². The molecule has 0 unspecified atom stereocenters. The number of aromatic nitrogens is 2. The van der Waals surface area contributed by atoms with Crippen molar-refractivity contribution in [2.45, 2.75) is 10.9 Å². The van der Waals surface area contributed by atoms with E-state index in [2.05, 4.69) is 15.6 Å². The average molecular weight is 272 g/mol. The summed E-state index contributed by atoms with van der Waals surface area (Å²) < 4.78 is 14.9. The third kappa shape index (κ3) is 2.49. The Morgan fingerprint density at radius 1 is 1.11 bits per heavy atom. The lowest BCUT2D eigenvalue weighted by molar-refractivity contribution is 0.627. The minimum atomic E-state index is -0.198. The maximum atomic E-state index is 12.8. The van der Waals surface area contributed by atoms with Crippen molar-refractivity contribution in [3.8, 4) is 0 Å². The van der Waals surface area contributed by atoms with Crippen LogP contribution in [0.3, 0.4) is 0 Å². The normalized spacial score (nSPS) is 11.1. The topological polar surface area (TPSA) is 17.8 Å². The van der Waals surface area contributed by atoms with Crippen molar-refractivity contribution in [2.75, 3.05) is 0 Å².